The minimum atomic E-state index is -1.44. The summed E-state index contributed by atoms with van der Waals surface area (Å²) in [6.07, 6.45) is -1.36. The maximum atomic E-state index is 12.9. The van der Waals surface area contributed by atoms with Crippen molar-refractivity contribution in [3.05, 3.63) is 0 Å². The van der Waals surface area contributed by atoms with Crippen LogP contribution in [0.25, 0.3) is 0 Å². The number of hydrogen-bond acceptors (Lipinski definition) is 7. The fourth-order valence-electron chi connectivity index (χ4n) is 3.23. The van der Waals surface area contributed by atoms with Crippen LogP contribution in [0.3, 0.4) is 0 Å². The molecule has 0 aromatic carbocycles. The summed E-state index contributed by atoms with van der Waals surface area (Å²) < 4.78 is 0. The first-order valence-electron chi connectivity index (χ1n) is 10.2. The van der Waals surface area contributed by atoms with E-state index in [2.05, 4.69) is 10.6 Å². The van der Waals surface area contributed by atoms with Gasteiger partial charge < -0.3 is 36.6 Å². The molecule has 1 saturated heterocycles. The quantitative estimate of drug-likeness (QED) is 0.214. The van der Waals surface area contributed by atoms with Gasteiger partial charge in [-0.2, -0.15) is 0 Å². The van der Waals surface area contributed by atoms with Gasteiger partial charge in [0.05, 0.1) is 12.1 Å². The van der Waals surface area contributed by atoms with Gasteiger partial charge in [0.15, 0.2) is 0 Å². The third-order valence-electron chi connectivity index (χ3n) is 5.17. The van der Waals surface area contributed by atoms with Gasteiger partial charge in [-0.05, 0) is 32.1 Å². The first-order valence-corrected chi connectivity index (χ1v) is 10.2. The number of carboxylic acids is 2. The summed E-state index contributed by atoms with van der Waals surface area (Å²) in [5.74, 6) is -4.93. The Bertz CT molecular complexity index is 696. The number of nitrogens with one attached hydrogen (secondary N) is 2. The average Bonchev–Trinajstić information content (AvgIpc) is 3.17. The lowest BCUT2D eigenvalue weighted by Crippen LogP contribution is -2.60. The molecule has 7 N–H and O–H groups in total. The molecule has 1 heterocycles. The van der Waals surface area contributed by atoms with Gasteiger partial charge >= 0.3 is 11.9 Å². The van der Waals surface area contributed by atoms with E-state index in [0.29, 0.717) is 6.42 Å². The predicted molar refractivity (Wildman–Crippen MR) is 108 cm³/mol. The van der Waals surface area contributed by atoms with E-state index in [1.165, 1.54) is 6.92 Å². The number of nitrogens with two attached hydrogens (primary N) is 1. The van der Waals surface area contributed by atoms with Gasteiger partial charge in [-0.25, -0.2) is 4.79 Å². The molecule has 176 valence electrons. The van der Waals surface area contributed by atoms with Crippen molar-refractivity contribution in [3.63, 3.8) is 0 Å². The molecule has 0 aromatic heterocycles. The molecule has 5 atom stereocenters. The molecule has 0 spiro atoms. The molecule has 31 heavy (non-hydrogen) atoms. The second-order valence-electron chi connectivity index (χ2n) is 8.02. The lowest BCUT2D eigenvalue weighted by molar-refractivity contribution is -0.150. The largest absolute Gasteiger partial charge is 0.481 e. The number of likely N-dealkylation sites (tertiary alicyclic amines) is 1. The van der Waals surface area contributed by atoms with Crippen molar-refractivity contribution in [2.75, 3.05) is 6.54 Å². The number of carboxylic acid groups (broad SMARTS) is 2. The third-order valence-corrected chi connectivity index (χ3v) is 5.17. The molecule has 1 aliphatic rings. The van der Waals surface area contributed by atoms with Crippen LogP contribution < -0.4 is 16.4 Å². The maximum Gasteiger partial charge on any atom is 0.326 e. The van der Waals surface area contributed by atoms with Gasteiger partial charge in [0, 0.05) is 13.0 Å². The Labute approximate surface area is 180 Å². The second kappa shape index (κ2) is 11.6. The first kappa shape index (κ1) is 26.3. The molecule has 1 fully saturated rings. The minimum absolute atomic E-state index is 0.162. The number of hydrogen-bond donors (Lipinski definition) is 6. The van der Waals surface area contributed by atoms with Crippen LogP contribution in [0.1, 0.15) is 46.5 Å². The van der Waals surface area contributed by atoms with Gasteiger partial charge in [0.2, 0.25) is 17.7 Å². The molecule has 0 aromatic rings. The van der Waals surface area contributed by atoms with Crippen molar-refractivity contribution in [1.29, 1.82) is 0 Å². The van der Waals surface area contributed by atoms with Crippen LogP contribution in [-0.2, 0) is 24.0 Å². The minimum Gasteiger partial charge on any atom is -0.481 e. The Morgan fingerprint density at radius 3 is 2.16 bits per heavy atom. The standard InChI is InChI=1S/C19H32N4O8/c1-9(2)14(20)16(27)22-15(10(3)24)17(28)21-11(6-7-13(25)26)18(29)23-8-4-5-12(23)19(30)31/h9-12,14-15,24H,4-8,20H2,1-3H3,(H,21,28)(H,22,27)(H,25,26)(H,30,31). The van der Waals surface area contributed by atoms with Crippen LogP contribution >= 0.6 is 0 Å². The Kier molecular flexibility index (Phi) is 9.85. The number of aliphatic carboxylic acids is 2. The smallest absolute Gasteiger partial charge is 0.326 e. The van der Waals surface area contributed by atoms with Crippen LogP contribution in [0.15, 0.2) is 0 Å². The summed E-state index contributed by atoms with van der Waals surface area (Å²) in [5.41, 5.74) is 5.76. The van der Waals surface area contributed by atoms with Crippen LogP contribution in [0.2, 0.25) is 0 Å². The van der Waals surface area contributed by atoms with E-state index in [1.54, 1.807) is 13.8 Å². The van der Waals surface area contributed by atoms with E-state index in [1.807, 2.05) is 0 Å². The summed E-state index contributed by atoms with van der Waals surface area (Å²) in [5, 5.41) is 32.9. The lowest BCUT2D eigenvalue weighted by Gasteiger charge is -2.29. The van der Waals surface area contributed by atoms with E-state index < -0.39 is 66.4 Å². The number of rotatable bonds is 11. The number of carbonyl (C=O) groups is 5. The number of aliphatic hydroxyl groups excluding tert-OH is 1. The molecule has 3 amide bonds. The van der Waals surface area contributed by atoms with Crippen molar-refractivity contribution < 1.29 is 39.3 Å². The van der Waals surface area contributed by atoms with E-state index in [0.717, 1.165) is 4.90 Å². The van der Waals surface area contributed by atoms with E-state index in [4.69, 9.17) is 10.8 Å². The highest BCUT2D eigenvalue weighted by atomic mass is 16.4. The molecule has 1 rings (SSSR count). The molecular formula is C19H32N4O8. The second-order valence-corrected chi connectivity index (χ2v) is 8.02. The van der Waals surface area contributed by atoms with Crippen LogP contribution in [0, 0.1) is 5.92 Å². The van der Waals surface area contributed by atoms with Crippen LogP contribution in [0.4, 0.5) is 0 Å². The van der Waals surface area contributed by atoms with Crippen molar-refractivity contribution in [2.45, 2.75) is 76.7 Å². The SMILES string of the molecule is CC(C)C(N)C(=O)NC(C(=O)NC(CCC(=O)O)C(=O)N1CCCC1C(=O)O)C(C)O. The fourth-order valence-corrected chi connectivity index (χ4v) is 3.23. The molecule has 12 heteroatoms. The molecule has 12 nitrogen and oxygen atoms in total. The molecule has 0 saturated carbocycles. The topological polar surface area (TPSA) is 199 Å². The average molecular weight is 444 g/mol. The molecular weight excluding hydrogens is 412 g/mol. The van der Waals surface area contributed by atoms with Gasteiger partial charge in [-0.1, -0.05) is 13.8 Å². The highest BCUT2D eigenvalue weighted by molar-refractivity contribution is 5.94. The van der Waals surface area contributed by atoms with Gasteiger partial charge in [0.1, 0.15) is 18.1 Å². The fraction of sp³-hybridized carbons (Fsp3) is 0.737. The monoisotopic (exact) mass is 444 g/mol. The zero-order valence-electron chi connectivity index (χ0n) is 17.9. The summed E-state index contributed by atoms with van der Waals surface area (Å²) in [4.78, 5) is 61.4. The van der Waals surface area contributed by atoms with Crippen molar-refractivity contribution in [3.8, 4) is 0 Å². The van der Waals surface area contributed by atoms with Crippen molar-refractivity contribution in [2.24, 2.45) is 11.7 Å². The highest BCUT2D eigenvalue weighted by Crippen LogP contribution is 2.19. The molecule has 0 radical (unpaired) electrons. The summed E-state index contributed by atoms with van der Waals surface area (Å²) in [7, 11) is 0. The molecule has 0 aliphatic carbocycles. The number of amides is 3. The highest BCUT2D eigenvalue weighted by Gasteiger charge is 2.39. The molecule has 5 unspecified atom stereocenters. The maximum absolute atomic E-state index is 12.9. The Morgan fingerprint density at radius 2 is 1.68 bits per heavy atom. The molecule has 0 bridgehead atoms. The van der Waals surface area contributed by atoms with Crippen LogP contribution in [0.5, 0.6) is 0 Å². The van der Waals surface area contributed by atoms with Gasteiger partial charge in [0.25, 0.3) is 0 Å². The Morgan fingerprint density at radius 1 is 1.06 bits per heavy atom. The Balaban J connectivity index is 3.01. The van der Waals surface area contributed by atoms with Gasteiger partial charge in [-0.15, -0.1) is 0 Å². The third kappa shape index (κ3) is 7.47. The molecule has 1 aliphatic heterocycles. The van der Waals surface area contributed by atoms with E-state index in [-0.39, 0.29) is 25.3 Å². The lowest BCUT2D eigenvalue weighted by atomic mass is 10.0. The van der Waals surface area contributed by atoms with Crippen molar-refractivity contribution in [1.82, 2.24) is 15.5 Å². The van der Waals surface area contributed by atoms with Crippen molar-refractivity contribution >= 4 is 29.7 Å². The van der Waals surface area contributed by atoms with Gasteiger partial charge in [-0.3, -0.25) is 19.2 Å². The van der Waals surface area contributed by atoms with E-state index in [9.17, 15) is 34.2 Å². The number of nitrogens with zero attached hydrogens (tertiary/aromatic N) is 1. The van der Waals surface area contributed by atoms with E-state index >= 15 is 0 Å². The number of carbonyl (C=O) groups excluding carboxylic acids is 3. The Hall–Kier alpha value is -2.73. The summed E-state index contributed by atoms with van der Waals surface area (Å²) in [6.45, 7) is 4.84. The number of aliphatic hydroxyl groups is 1. The zero-order valence-corrected chi connectivity index (χ0v) is 17.9. The normalized spacial score (nSPS) is 19.9. The summed E-state index contributed by atoms with van der Waals surface area (Å²) >= 11 is 0. The van der Waals surface area contributed by atoms with Crippen LogP contribution in [-0.4, -0.2) is 86.7 Å². The summed E-state index contributed by atoms with van der Waals surface area (Å²) in [6, 6.07) is -4.76. The first-order chi connectivity index (χ1) is 14.4. The zero-order chi connectivity index (χ0) is 23.9. The predicted octanol–water partition coefficient (Wildman–Crippen LogP) is -1.74.